The van der Waals surface area contributed by atoms with E-state index in [-0.39, 0.29) is 5.54 Å². The molecule has 3 aromatic rings. The molecule has 1 N–H and O–H groups in total. The Balaban J connectivity index is 1.80. The molecule has 0 bridgehead atoms. The maximum atomic E-state index is 5.29. The Morgan fingerprint density at radius 3 is 2.38 bits per heavy atom. The lowest BCUT2D eigenvalue weighted by Gasteiger charge is -2.39. The van der Waals surface area contributed by atoms with Gasteiger partial charge in [-0.1, -0.05) is 67.6 Å². The summed E-state index contributed by atoms with van der Waals surface area (Å²) in [6.07, 6.45) is 8.78. The first-order chi connectivity index (χ1) is 12.7. The Hall–Kier alpha value is -3.00. The van der Waals surface area contributed by atoms with Crippen molar-refractivity contribution in [3.8, 4) is 5.75 Å². The van der Waals surface area contributed by atoms with E-state index in [1.807, 2.05) is 12.1 Å². The van der Waals surface area contributed by atoms with Crippen molar-refractivity contribution in [3.05, 3.63) is 96.6 Å². The van der Waals surface area contributed by atoms with Crippen LogP contribution >= 0.6 is 0 Å². The van der Waals surface area contributed by atoms with Gasteiger partial charge in [-0.15, -0.1) is 0 Å². The standard InChI is InChI=1S/C24H23NO/c1-18-7-5-6-16-24(18,25-22-12-14-23(26-2)15-13-22)21-11-10-19-8-3-4-9-20(19)17-21/h3-18,25H,1-2H3. The SMILES string of the molecule is COc1ccc(NC2(c3ccc4ccccc4c3)C=CC=CC2C)cc1. The molecule has 4 rings (SSSR count). The third kappa shape index (κ3) is 2.88. The molecule has 2 unspecified atom stereocenters. The molecule has 0 aromatic heterocycles. The highest BCUT2D eigenvalue weighted by Crippen LogP contribution is 2.39. The van der Waals surface area contributed by atoms with Crippen LogP contribution in [-0.2, 0) is 5.54 Å². The summed E-state index contributed by atoms with van der Waals surface area (Å²) in [4.78, 5) is 0. The second-order valence-corrected chi connectivity index (χ2v) is 6.82. The molecule has 26 heavy (non-hydrogen) atoms. The van der Waals surface area contributed by atoms with Crippen LogP contribution in [0, 0.1) is 5.92 Å². The van der Waals surface area contributed by atoms with Gasteiger partial charge in [-0.25, -0.2) is 0 Å². The molecular formula is C24H23NO. The minimum Gasteiger partial charge on any atom is -0.497 e. The van der Waals surface area contributed by atoms with Gasteiger partial charge in [-0.2, -0.15) is 0 Å². The third-order valence-corrected chi connectivity index (χ3v) is 5.26. The molecule has 130 valence electrons. The van der Waals surface area contributed by atoms with Gasteiger partial charge in [0.05, 0.1) is 12.6 Å². The van der Waals surface area contributed by atoms with Gasteiger partial charge in [-0.3, -0.25) is 0 Å². The van der Waals surface area contributed by atoms with Crippen LogP contribution in [0.2, 0.25) is 0 Å². The smallest absolute Gasteiger partial charge is 0.119 e. The lowest BCUT2D eigenvalue weighted by molar-refractivity contribution is 0.414. The molecule has 0 saturated heterocycles. The van der Waals surface area contributed by atoms with Crippen molar-refractivity contribution in [2.24, 2.45) is 5.92 Å². The fourth-order valence-corrected chi connectivity index (χ4v) is 3.69. The number of nitrogens with one attached hydrogen (secondary N) is 1. The first-order valence-electron chi connectivity index (χ1n) is 8.99. The summed E-state index contributed by atoms with van der Waals surface area (Å²) >= 11 is 0. The average molecular weight is 341 g/mol. The largest absolute Gasteiger partial charge is 0.497 e. The number of rotatable bonds is 4. The van der Waals surface area contributed by atoms with Gasteiger partial charge in [0.15, 0.2) is 0 Å². The normalized spacial score (nSPS) is 21.7. The molecule has 0 amide bonds. The highest BCUT2D eigenvalue weighted by Gasteiger charge is 2.35. The van der Waals surface area contributed by atoms with Crippen molar-refractivity contribution >= 4 is 16.5 Å². The highest BCUT2D eigenvalue weighted by atomic mass is 16.5. The molecule has 0 heterocycles. The van der Waals surface area contributed by atoms with Crippen molar-refractivity contribution in [2.75, 3.05) is 12.4 Å². The van der Waals surface area contributed by atoms with Crippen molar-refractivity contribution < 1.29 is 4.74 Å². The Bertz CT molecular complexity index is 971. The van der Waals surface area contributed by atoms with Gasteiger partial charge in [0.1, 0.15) is 5.75 Å². The van der Waals surface area contributed by atoms with E-state index < -0.39 is 0 Å². The number of anilines is 1. The molecule has 0 aliphatic heterocycles. The molecule has 1 aliphatic rings. The van der Waals surface area contributed by atoms with Gasteiger partial charge in [0.2, 0.25) is 0 Å². The van der Waals surface area contributed by atoms with Crippen LogP contribution < -0.4 is 10.1 Å². The van der Waals surface area contributed by atoms with Crippen LogP contribution in [0.5, 0.6) is 5.75 Å². The Kier molecular flexibility index (Phi) is 4.26. The molecular weight excluding hydrogens is 318 g/mol. The number of hydrogen-bond donors (Lipinski definition) is 1. The number of ether oxygens (including phenoxy) is 1. The van der Waals surface area contributed by atoms with Crippen molar-refractivity contribution in [3.63, 3.8) is 0 Å². The number of benzene rings is 3. The van der Waals surface area contributed by atoms with Crippen molar-refractivity contribution in [2.45, 2.75) is 12.5 Å². The Labute approximate surface area is 154 Å². The van der Waals surface area contributed by atoms with E-state index in [0.29, 0.717) is 5.92 Å². The first-order valence-corrected chi connectivity index (χ1v) is 8.99. The topological polar surface area (TPSA) is 21.3 Å². The maximum Gasteiger partial charge on any atom is 0.119 e. The van der Waals surface area contributed by atoms with Crippen LogP contribution in [0.15, 0.2) is 91.0 Å². The van der Waals surface area contributed by atoms with Gasteiger partial charge in [0, 0.05) is 11.6 Å². The van der Waals surface area contributed by atoms with E-state index in [9.17, 15) is 0 Å². The molecule has 0 fully saturated rings. The number of hydrogen-bond acceptors (Lipinski definition) is 2. The molecule has 2 nitrogen and oxygen atoms in total. The summed E-state index contributed by atoms with van der Waals surface area (Å²) < 4.78 is 5.29. The van der Waals surface area contributed by atoms with Gasteiger partial charge >= 0.3 is 0 Å². The van der Waals surface area contributed by atoms with Crippen LogP contribution in [0.3, 0.4) is 0 Å². The van der Waals surface area contributed by atoms with Crippen LogP contribution in [0.25, 0.3) is 10.8 Å². The van der Waals surface area contributed by atoms with Crippen LogP contribution in [-0.4, -0.2) is 7.11 Å². The Morgan fingerprint density at radius 1 is 0.885 bits per heavy atom. The fourth-order valence-electron chi connectivity index (χ4n) is 3.69. The molecule has 0 saturated carbocycles. The summed E-state index contributed by atoms with van der Waals surface area (Å²) in [7, 11) is 1.69. The van der Waals surface area contributed by atoms with Crippen molar-refractivity contribution in [1.29, 1.82) is 0 Å². The number of methoxy groups -OCH3 is 1. The summed E-state index contributed by atoms with van der Waals surface area (Å²) in [6, 6.07) is 23.4. The number of fused-ring (bicyclic) bond motifs is 1. The van der Waals surface area contributed by atoms with Gasteiger partial charge in [0.25, 0.3) is 0 Å². The van der Waals surface area contributed by atoms with E-state index in [1.54, 1.807) is 7.11 Å². The Morgan fingerprint density at radius 2 is 1.65 bits per heavy atom. The average Bonchev–Trinajstić information content (AvgIpc) is 2.70. The van der Waals surface area contributed by atoms with E-state index in [1.165, 1.54) is 16.3 Å². The van der Waals surface area contributed by atoms with E-state index in [2.05, 4.69) is 91.1 Å². The lowest BCUT2D eigenvalue weighted by atomic mass is 9.75. The quantitative estimate of drug-likeness (QED) is 0.636. The fraction of sp³-hybridized carbons (Fsp3) is 0.167. The van der Waals surface area contributed by atoms with E-state index >= 15 is 0 Å². The predicted molar refractivity (Wildman–Crippen MR) is 110 cm³/mol. The minimum atomic E-state index is -0.284. The van der Waals surface area contributed by atoms with Gasteiger partial charge in [-0.05, 0) is 46.7 Å². The zero-order valence-electron chi connectivity index (χ0n) is 15.1. The lowest BCUT2D eigenvalue weighted by Crippen LogP contribution is -2.40. The third-order valence-electron chi connectivity index (χ3n) is 5.26. The highest BCUT2D eigenvalue weighted by molar-refractivity contribution is 5.83. The minimum absolute atomic E-state index is 0.284. The maximum absolute atomic E-state index is 5.29. The second-order valence-electron chi connectivity index (χ2n) is 6.82. The van der Waals surface area contributed by atoms with E-state index in [4.69, 9.17) is 4.74 Å². The molecule has 0 spiro atoms. The molecule has 0 radical (unpaired) electrons. The van der Waals surface area contributed by atoms with Gasteiger partial charge < -0.3 is 10.1 Å². The van der Waals surface area contributed by atoms with Crippen LogP contribution in [0.1, 0.15) is 12.5 Å². The zero-order valence-corrected chi connectivity index (χ0v) is 15.1. The monoisotopic (exact) mass is 341 g/mol. The number of allylic oxidation sites excluding steroid dienone is 2. The zero-order chi connectivity index (χ0) is 18.0. The molecule has 1 aliphatic carbocycles. The molecule has 2 heteroatoms. The summed E-state index contributed by atoms with van der Waals surface area (Å²) in [6.45, 7) is 2.26. The first kappa shape index (κ1) is 16.5. The second kappa shape index (κ2) is 6.72. The summed E-state index contributed by atoms with van der Waals surface area (Å²) in [5.41, 5.74) is 2.05. The molecule has 3 aromatic carbocycles. The predicted octanol–water partition coefficient (Wildman–Crippen LogP) is 5.92. The van der Waals surface area contributed by atoms with Crippen molar-refractivity contribution in [1.82, 2.24) is 0 Å². The molecule has 2 atom stereocenters. The summed E-state index contributed by atoms with van der Waals surface area (Å²) in [5.74, 6) is 1.18. The van der Waals surface area contributed by atoms with Crippen LogP contribution in [0.4, 0.5) is 5.69 Å². The summed E-state index contributed by atoms with van der Waals surface area (Å²) in [5, 5.41) is 6.31. The van der Waals surface area contributed by atoms with E-state index in [0.717, 1.165) is 11.4 Å².